The summed E-state index contributed by atoms with van der Waals surface area (Å²) in [6.07, 6.45) is -5.41. The van der Waals surface area contributed by atoms with Crippen LogP contribution in [0.4, 0.5) is 32.4 Å². The lowest BCUT2D eigenvalue weighted by Crippen LogP contribution is -2.50. The maximum Gasteiger partial charge on any atom is 0.417 e. The molecule has 3 aromatic rings. The number of carbonyl (C=O) groups is 1. The fourth-order valence-corrected chi connectivity index (χ4v) is 4.51. The number of benzene rings is 2. The van der Waals surface area contributed by atoms with Crippen molar-refractivity contribution < 1.29 is 31.5 Å². The number of aromatic nitrogens is 1. The van der Waals surface area contributed by atoms with Gasteiger partial charge in [-0.15, -0.1) is 0 Å². The zero-order valence-corrected chi connectivity index (χ0v) is 22.6. The van der Waals surface area contributed by atoms with Crippen LogP contribution in [0, 0.1) is 23.0 Å². The molecule has 0 saturated carbocycles. The average molecular weight is 575 g/mol. The van der Waals surface area contributed by atoms with Gasteiger partial charge in [-0.25, -0.2) is 13.6 Å². The molecule has 0 atom stereocenters. The molecule has 7 nitrogen and oxygen atoms in total. The van der Waals surface area contributed by atoms with Gasteiger partial charge in [0.05, 0.1) is 17.8 Å². The first-order valence-corrected chi connectivity index (χ1v) is 12.7. The highest BCUT2D eigenvalue weighted by Gasteiger charge is 2.36. The molecule has 1 aromatic heterocycles. The molecular weight excluding hydrogens is 547 g/mol. The van der Waals surface area contributed by atoms with E-state index in [4.69, 9.17) is 4.74 Å². The summed E-state index contributed by atoms with van der Waals surface area (Å²) >= 11 is 0. The standard InChI is InChI=1S/C29H27F5N4O3/c1-28(2,3)41-27(40)37-12-10-36(11-13-37)21-8-5-18(6-9-21)25-15-23(29(32,33)34)22(16-35)26(39)38(25)17-19-4-7-20(30)14-24(19)31/h4-9,14-15H,10-13,17H2,1-3H3. The molecule has 2 heterocycles. The Morgan fingerprint density at radius 2 is 1.61 bits per heavy atom. The smallest absolute Gasteiger partial charge is 0.417 e. The van der Waals surface area contributed by atoms with Crippen LogP contribution in [0.25, 0.3) is 11.3 Å². The van der Waals surface area contributed by atoms with Crippen LogP contribution in [0.1, 0.15) is 37.5 Å². The summed E-state index contributed by atoms with van der Waals surface area (Å²) < 4.78 is 75.6. The van der Waals surface area contributed by atoms with Crippen LogP contribution >= 0.6 is 0 Å². The van der Waals surface area contributed by atoms with Gasteiger partial charge in [-0.2, -0.15) is 18.4 Å². The van der Waals surface area contributed by atoms with E-state index in [1.807, 2.05) is 4.90 Å². The van der Waals surface area contributed by atoms with Gasteiger partial charge in [-0.05, 0) is 50.6 Å². The number of ether oxygens (including phenoxy) is 1. The number of carbonyl (C=O) groups excluding carboxylic acids is 1. The van der Waals surface area contributed by atoms with E-state index in [2.05, 4.69) is 0 Å². The molecule has 0 unspecified atom stereocenters. The fourth-order valence-electron chi connectivity index (χ4n) is 4.51. The van der Waals surface area contributed by atoms with E-state index in [0.717, 1.165) is 22.4 Å². The number of rotatable bonds is 4. The highest BCUT2D eigenvalue weighted by molar-refractivity contribution is 5.69. The number of hydrogen-bond donors (Lipinski definition) is 0. The third kappa shape index (κ3) is 6.67. The van der Waals surface area contributed by atoms with E-state index < -0.39 is 52.7 Å². The first-order chi connectivity index (χ1) is 19.2. The summed E-state index contributed by atoms with van der Waals surface area (Å²) in [7, 11) is 0. The van der Waals surface area contributed by atoms with Crippen molar-refractivity contribution >= 4 is 11.8 Å². The molecule has 1 aliphatic rings. The predicted molar refractivity (Wildman–Crippen MR) is 141 cm³/mol. The van der Waals surface area contributed by atoms with Crippen LogP contribution in [0.5, 0.6) is 0 Å². The van der Waals surface area contributed by atoms with Gasteiger partial charge in [-0.1, -0.05) is 18.2 Å². The second-order valence-corrected chi connectivity index (χ2v) is 10.6. The number of nitriles is 1. The Bertz CT molecular complexity index is 1550. The molecule has 1 amide bonds. The Balaban J connectivity index is 1.67. The topological polar surface area (TPSA) is 78.6 Å². The quantitative estimate of drug-likeness (QED) is 0.369. The van der Waals surface area contributed by atoms with Crippen molar-refractivity contribution in [2.75, 3.05) is 31.1 Å². The monoisotopic (exact) mass is 574 g/mol. The van der Waals surface area contributed by atoms with Gasteiger partial charge in [0.25, 0.3) is 5.56 Å². The van der Waals surface area contributed by atoms with Gasteiger partial charge in [0, 0.05) is 43.5 Å². The van der Waals surface area contributed by atoms with E-state index in [0.29, 0.717) is 38.3 Å². The van der Waals surface area contributed by atoms with Crippen LogP contribution in [-0.4, -0.2) is 47.3 Å². The van der Waals surface area contributed by atoms with Gasteiger partial charge in [0.1, 0.15) is 28.9 Å². The molecule has 0 radical (unpaired) electrons. The van der Waals surface area contributed by atoms with Gasteiger partial charge in [0.15, 0.2) is 0 Å². The van der Waals surface area contributed by atoms with Crippen LogP contribution < -0.4 is 10.5 Å². The summed E-state index contributed by atoms with van der Waals surface area (Å²) in [5.74, 6) is -1.84. The molecule has 0 aliphatic carbocycles. The van der Waals surface area contributed by atoms with Crippen molar-refractivity contribution in [2.45, 2.75) is 39.1 Å². The van der Waals surface area contributed by atoms with Crippen molar-refractivity contribution in [3.63, 3.8) is 0 Å². The Kier molecular flexibility index (Phi) is 8.10. The number of pyridine rings is 1. The average Bonchev–Trinajstić information content (AvgIpc) is 2.89. The molecule has 1 saturated heterocycles. The summed E-state index contributed by atoms with van der Waals surface area (Å²) in [4.78, 5) is 29.1. The maximum absolute atomic E-state index is 14.4. The maximum atomic E-state index is 14.4. The highest BCUT2D eigenvalue weighted by Crippen LogP contribution is 2.34. The third-order valence-corrected chi connectivity index (χ3v) is 6.52. The Labute approximate surface area is 233 Å². The number of amides is 1. The normalized spacial score (nSPS) is 14.1. The summed E-state index contributed by atoms with van der Waals surface area (Å²) in [6, 6.07) is 11.0. The van der Waals surface area contributed by atoms with Gasteiger partial charge < -0.3 is 19.1 Å². The summed E-state index contributed by atoms with van der Waals surface area (Å²) in [5, 5.41) is 9.37. The number of halogens is 5. The SMILES string of the molecule is CC(C)(C)OC(=O)N1CCN(c2ccc(-c3cc(C(F)(F)F)c(C#N)c(=O)n3Cc3ccc(F)cc3F)cc2)CC1. The molecular formula is C29H27F5N4O3. The van der Waals surface area contributed by atoms with E-state index in [1.54, 1.807) is 37.8 Å². The molecule has 4 rings (SSSR count). The van der Waals surface area contributed by atoms with E-state index >= 15 is 0 Å². The summed E-state index contributed by atoms with van der Waals surface area (Å²) in [5.41, 5.74) is -3.77. The number of anilines is 1. The van der Waals surface area contributed by atoms with E-state index in [9.17, 15) is 36.8 Å². The summed E-state index contributed by atoms with van der Waals surface area (Å²) in [6.45, 7) is 6.61. The van der Waals surface area contributed by atoms with Crippen molar-refractivity contribution in [3.8, 4) is 17.3 Å². The van der Waals surface area contributed by atoms with Crippen molar-refractivity contribution in [2.24, 2.45) is 0 Å². The molecule has 12 heteroatoms. The van der Waals surface area contributed by atoms with Crippen LogP contribution in [0.3, 0.4) is 0 Å². The molecule has 0 bridgehead atoms. The molecule has 1 fully saturated rings. The van der Waals surface area contributed by atoms with Gasteiger partial charge >= 0.3 is 12.3 Å². The van der Waals surface area contributed by atoms with E-state index in [1.165, 1.54) is 18.2 Å². The van der Waals surface area contributed by atoms with Crippen LogP contribution in [0.2, 0.25) is 0 Å². The number of nitrogens with zero attached hydrogens (tertiary/aromatic N) is 4. The van der Waals surface area contributed by atoms with Crippen molar-refractivity contribution in [1.29, 1.82) is 5.26 Å². The minimum absolute atomic E-state index is 0.141. The van der Waals surface area contributed by atoms with Crippen LogP contribution in [-0.2, 0) is 17.5 Å². The zero-order valence-electron chi connectivity index (χ0n) is 22.6. The lowest BCUT2D eigenvalue weighted by Gasteiger charge is -2.36. The van der Waals surface area contributed by atoms with Crippen molar-refractivity contribution in [3.05, 3.63) is 87.2 Å². The van der Waals surface area contributed by atoms with Crippen LogP contribution in [0.15, 0.2) is 53.3 Å². The lowest BCUT2D eigenvalue weighted by molar-refractivity contribution is -0.137. The second-order valence-electron chi connectivity index (χ2n) is 10.6. The minimum Gasteiger partial charge on any atom is -0.444 e. The number of piperazine rings is 1. The van der Waals surface area contributed by atoms with Gasteiger partial charge in [0.2, 0.25) is 0 Å². The molecule has 1 aliphatic heterocycles. The zero-order chi connectivity index (χ0) is 30.1. The Morgan fingerprint density at radius 3 is 2.15 bits per heavy atom. The Hall–Kier alpha value is -4.40. The Morgan fingerprint density at radius 1 is 0.976 bits per heavy atom. The van der Waals surface area contributed by atoms with Gasteiger partial charge in [-0.3, -0.25) is 4.79 Å². The third-order valence-electron chi connectivity index (χ3n) is 6.52. The fraction of sp³-hybridized carbons (Fsp3) is 0.345. The molecule has 41 heavy (non-hydrogen) atoms. The molecule has 216 valence electrons. The first kappa shape index (κ1) is 29.6. The minimum atomic E-state index is -4.99. The molecule has 0 N–H and O–H groups in total. The van der Waals surface area contributed by atoms with E-state index in [-0.39, 0.29) is 16.8 Å². The number of alkyl halides is 3. The predicted octanol–water partition coefficient (Wildman–Crippen LogP) is 5.79. The first-order valence-electron chi connectivity index (χ1n) is 12.7. The number of hydrogen-bond acceptors (Lipinski definition) is 5. The molecule has 2 aromatic carbocycles. The molecule has 0 spiro atoms. The lowest BCUT2D eigenvalue weighted by atomic mass is 10.0. The largest absolute Gasteiger partial charge is 0.444 e. The highest BCUT2D eigenvalue weighted by atomic mass is 19.4. The van der Waals surface area contributed by atoms with Crippen molar-refractivity contribution in [1.82, 2.24) is 9.47 Å². The second kappa shape index (κ2) is 11.2.